The Morgan fingerprint density at radius 1 is 1.50 bits per heavy atom. The van der Waals surface area contributed by atoms with Crippen molar-refractivity contribution in [1.29, 1.82) is 0 Å². The van der Waals surface area contributed by atoms with Crippen LogP contribution < -0.4 is 11.1 Å². The fourth-order valence-electron chi connectivity index (χ4n) is 1.53. The first-order valence-corrected chi connectivity index (χ1v) is 7.30. The van der Waals surface area contributed by atoms with Gasteiger partial charge >= 0.3 is 0 Å². The molecule has 2 heterocycles. The number of hydrogen-bond acceptors (Lipinski definition) is 6. The number of carbonyl (C=O) groups is 2. The number of ketones is 1. The number of aromatic nitrogens is 2. The third kappa shape index (κ3) is 3.20. The fourth-order valence-corrected chi connectivity index (χ4v) is 2.67. The number of carbonyl (C=O) groups excluding carboxylic acids is 2. The lowest BCUT2D eigenvalue weighted by molar-refractivity contribution is 0.0902. The van der Waals surface area contributed by atoms with E-state index in [1.807, 2.05) is 18.4 Å². The molecule has 0 atom stereocenters. The first-order chi connectivity index (χ1) is 9.49. The van der Waals surface area contributed by atoms with Gasteiger partial charge in [-0.05, 0) is 39.9 Å². The minimum atomic E-state index is -0.529. The van der Waals surface area contributed by atoms with E-state index in [0.29, 0.717) is 9.48 Å². The van der Waals surface area contributed by atoms with E-state index in [-0.39, 0.29) is 23.8 Å². The molecule has 6 nitrogen and oxygen atoms in total. The van der Waals surface area contributed by atoms with Crippen molar-refractivity contribution in [3.63, 3.8) is 0 Å². The Hall–Kier alpha value is -1.80. The van der Waals surface area contributed by atoms with E-state index in [0.717, 1.165) is 5.56 Å². The first-order valence-electron chi connectivity index (χ1n) is 5.62. The van der Waals surface area contributed by atoms with E-state index in [1.165, 1.54) is 17.5 Å². The minimum Gasteiger partial charge on any atom is -0.382 e. The van der Waals surface area contributed by atoms with Crippen molar-refractivity contribution >= 4 is 44.8 Å². The standard InChI is InChI=1S/C12H11BrN4O2S/c1-6-2-3-20-10(6)7(18)4-16-12(19)9-11(14)15-5-8(13)17-9/h2-3,5H,4H2,1H3,(H2,14,15)(H,16,19). The smallest absolute Gasteiger partial charge is 0.274 e. The van der Waals surface area contributed by atoms with E-state index in [2.05, 4.69) is 31.2 Å². The van der Waals surface area contributed by atoms with Crippen LogP contribution in [0.3, 0.4) is 0 Å². The molecule has 0 aliphatic rings. The first kappa shape index (κ1) is 14.6. The van der Waals surface area contributed by atoms with Crippen LogP contribution in [-0.2, 0) is 0 Å². The van der Waals surface area contributed by atoms with Gasteiger partial charge in [0.05, 0.1) is 17.6 Å². The summed E-state index contributed by atoms with van der Waals surface area (Å²) in [6.45, 7) is 1.75. The molecule has 0 aliphatic carbocycles. The summed E-state index contributed by atoms with van der Waals surface area (Å²) in [6, 6.07) is 1.86. The monoisotopic (exact) mass is 354 g/mol. The Kier molecular flexibility index (Phi) is 4.46. The van der Waals surface area contributed by atoms with Gasteiger partial charge in [0, 0.05) is 0 Å². The average molecular weight is 355 g/mol. The maximum atomic E-state index is 11.9. The zero-order valence-corrected chi connectivity index (χ0v) is 12.9. The second-order valence-corrected chi connectivity index (χ2v) is 5.69. The number of nitrogens with zero attached hydrogens (tertiary/aromatic N) is 2. The Morgan fingerprint density at radius 2 is 2.25 bits per heavy atom. The number of nitrogens with two attached hydrogens (primary N) is 1. The largest absolute Gasteiger partial charge is 0.382 e. The van der Waals surface area contributed by atoms with Crippen LogP contribution in [0.5, 0.6) is 0 Å². The van der Waals surface area contributed by atoms with Crippen LogP contribution in [0.4, 0.5) is 5.82 Å². The lowest BCUT2D eigenvalue weighted by Gasteiger charge is -2.05. The number of rotatable bonds is 4. The van der Waals surface area contributed by atoms with Gasteiger partial charge in [0.2, 0.25) is 0 Å². The molecule has 0 radical (unpaired) electrons. The highest BCUT2D eigenvalue weighted by molar-refractivity contribution is 9.10. The van der Waals surface area contributed by atoms with Crippen LogP contribution in [0.25, 0.3) is 0 Å². The van der Waals surface area contributed by atoms with Gasteiger partial charge in [-0.2, -0.15) is 0 Å². The molecule has 2 aromatic rings. The van der Waals surface area contributed by atoms with Crippen LogP contribution in [0, 0.1) is 6.92 Å². The van der Waals surface area contributed by atoms with Gasteiger partial charge in [0.25, 0.3) is 5.91 Å². The molecule has 2 aromatic heterocycles. The zero-order valence-electron chi connectivity index (χ0n) is 10.5. The van der Waals surface area contributed by atoms with Crippen LogP contribution in [0.1, 0.15) is 25.7 Å². The van der Waals surface area contributed by atoms with Crippen molar-refractivity contribution in [1.82, 2.24) is 15.3 Å². The summed E-state index contributed by atoms with van der Waals surface area (Å²) in [7, 11) is 0. The normalized spacial score (nSPS) is 10.3. The number of anilines is 1. The van der Waals surface area contributed by atoms with Gasteiger partial charge in [-0.3, -0.25) is 9.59 Å². The lowest BCUT2D eigenvalue weighted by Crippen LogP contribution is -2.31. The maximum Gasteiger partial charge on any atom is 0.274 e. The predicted octanol–water partition coefficient (Wildman–Crippen LogP) is 1.80. The minimum absolute atomic E-state index is 0.00456. The number of aryl methyl sites for hydroxylation is 1. The molecule has 0 unspecified atom stereocenters. The molecular weight excluding hydrogens is 344 g/mol. The highest BCUT2D eigenvalue weighted by atomic mass is 79.9. The van der Waals surface area contributed by atoms with Gasteiger partial charge < -0.3 is 11.1 Å². The number of nitrogen functional groups attached to an aromatic ring is 1. The molecule has 0 saturated carbocycles. The van der Waals surface area contributed by atoms with Crippen molar-refractivity contribution in [3.8, 4) is 0 Å². The van der Waals surface area contributed by atoms with Crippen molar-refractivity contribution in [2.45, 2.75) is 6.92 Å². The molecule has 104 valence electrons. The third-order valence-corrected chi connectivity index (χ3v) is 3.95. The van der Waals surface area contributed by atoms with Gasteiger partial charge in [0.15, 0.2) is 17.3 Å². The van der Waals surface area contributed by atoms with Crippen molar-refractivity contribution in [2.24, 2.45) is 0 Å². The van der Waals surface area contributed by atoms with E-state index in [1.54, 1.807) is 0 Å². The quantitative estimate of drug-likeness (QED) is 0.815. The Morgan fingerprint density at radius 3 is 2.90 bits per heavy atom. The van der Waals surface area contributed by atoms with Gasteiger partial charge in [0.1, 0.15) is 4.60 Å². The molecule has 0 aliphatic heterocycles. The predicted molar refractivity (Wildman–Crippen MR) is 79.9 cm³/mol. The molecule has 0 aromatic carbocycles. The SMILES string of the molecule is Cc1ccsc1C(=O)CNC(=O)c1nc(Br)cnc1N. The van der Waals surface area contributed by atoms with E-state index < -0.39 is 5.91 Å². The van der Waals surface area contributed by atoms with Crippen LogP contribution in [0.15, 0.2) is 22.2 Å². The summed E-state index contributed by atoms with van der Waals surface area (Å²) in [5.74, 6) is -0.656. The molecular formula is C12H11BrN4O2S. The van der Waals surface area contributed by atoms with Crippen molar-refractivity contribution < 1.29 is 9.59 Å². The van der Waals surface area contributed by atoms with Crippen LogP contribution in [0.2, 0.25) is 0 Å². The van der Waals surface area contributed by atoms with Crippen molar-refractivity contribution in [3.05, 3.63) is 38.4 Å². The molecule has 1 amide bonds. The fraction of sp³-hybridized carbons (Fsp3) is 0.167. The van der Waals surface area contributed by atoms with Gasteiger partial charge in [-0.15, -0.1) is 11.3 Å². The number of hydrogen-bond donors (Lipinski definition) is 2. The van der Waals surface area contributed by atoms with Crippen molar-refractivity contribution in [2.75, 3.05) is 12.3 Å². The van der Waals surface area contributed by atoms with E-state index in [9.17, 15) is 9.59 Å². The zero-order chi connectivity index (χ0) is 14.7. The highest BCUT2D eigenvalue weighted by Crippen LogP contribution is 2.16. The van der Waals surface area contributed by atoms with Gasteiger partial charge in [-0.25, -0.2) is 9.97 Å². The lowest BCUT2D eigenvalue weighted by atomic mass is 10.2. The summed E-state index contributed by atoms with van der Waals surface area (Å²) >= 11 is 4.46. The summed E-state index contributed by atoms with van der Waals surface area (Å²) < 4.78 is 0.400. The number of Topliss-reactive ketones (excluding diaryl/α,β-unsaturated/α-hetero) is 1. The molecule has 8 heteroatoms. The van der Waals surface area contributed by atoms with E-state index in [4.69, 9.17) is 5.73 Å². The number of thiophene rings is 1. The van der Waals surface area contributed by atoms with E-state index >= 15 is 0 Å². The Labute approximate surface area is 127 Å². The molecule has 0 saturated heterocycles. The maximum absolute atomic E-state index is 11.9. The summed E-state index contributed by atoms with van der Waals surface area (Å²) in [4.78, 5) is 32.2. The number of amides is 1. The van der Waals surface area contributed by atoms with Crippen LogP contribution in [-0.4, -0.2) is 28.2 Å². The number of nitrogens with one attached hydrogen (secondary N) is 1. The third-order valence-electron chi connectivity index (χ3n) is 2.51. The number of halogens is 1. The molecule has 20 heavy (non-hydrogen) atoms. The Balaban J connectivity index is 2.04. The second-order valence-electron chi connectivity index (χ2n) is 3.97. The molecule has 3 N–H and O–H groups in total. The summed E-state index contributed by atoms with van der Waals surface area (Å²) in [6.07, 6.45) is 1.40. The van der Waals surface area contributed by atoms with Gasteiger partial charge in [-0.1, -0.05) is 0 Å². The summed E-state index contributed by atoms with van der Waals surface area (Å²) in [5, 5.41) is 4.33. The van der Waals surface area contributed by atoms with Crippen LogP contribution >= 0.6 is 27.3 Å². The highest BCUT2D eigenvalue weighted by Gasteiger charge is 2.16. The second kappa shape index (κ2) is 6.10. The summed E-state index contributed by atoms with van der Waals surface area (Å²) in [5.41, 5.74) is 6.47. The molecule has 0 fully saturated rings. The molecule has 2 rings (SSSR count). The average Bonchev–Trinajstić information content (AvgIpc) is 2.84. The topological polar surface area (TPSA) is 98.0 Å². The molecule has 0 bridgehead atoms. The molecule has 0 spiro atoms. The Bertz CT molecular complexity index is 671.